The van der Waals surface area contributed by atoms with Crippen LogP contribution in [0.4, 0.5) is 4.39 Å². The van der Waals surface area contributed by atoms with Gasteiger partial charge in [-0.15, -0.1) is 0 Å². The van der Waals surface area contributed by atoms with Crippen molar-refractivity contribution < 1.29 is 9.50 Å². The van der Waals surface area contributed by atoms with Crippen molar-refractivity contribution in [3.05, 3.63) is 46.3 Å². The quantitative estimate of drug-likeness (QED) is 0.889. The summed E-state index contributed by atoms with van der Waals surface area (Å²) < 4.78 is 13.2. The van der Waals surface area contributed by atoms with Gasteiger partial charge in [-0.1, -0.05) is 26.0 Å². The lowest BCUT2D eigenvalue weighted by Gasteiger charge is -2.09. The monoisotopic (exact) mass is 308 g/mol. The second kappa shape index (κ2) is 6.76. The highest BCUT2D eigenvalue weighted by molar-refractivity contribution is 7.99. The number of benzene rings is 1. The average Bonchev–Trinajstić information content (AvgIpc) is 2.44. The fraction of sp³-hybridized carbons (Fsp3) is 0.333. The summed E-state index contributed by atoms with van der Waals surface area (Å²) in [5, 5.41) is 10.4. The highest BCUT2D eigenvalue weighted by Crippen LogP contribution is 2.25. The first-order valence-corrected chi connectivity index (χ1v) is 7.75. The number of aromatic nitrogens is 2. The topological polar surface area (TPSA) is 66.0 Å². The molecule has 0 saturated carbocycles. The summed E-state index contributed by atoms with van der Waals surface area (Å²) in [6, 6.07) is 5.51. The molecule has 1 heterocycles. The molecule has 6 heteroatoms. The van der Waals surface area contributed by atoms with E-state index >= 15 is 0 Å². The molecule has 112 valence electrons. The van der Waals surface area contributed by atoms with E-state index in [0.29, 0.717) is 22.4 Å². The lowest BCUT2D eigenvalue weighted by atomic mass is 10.1. The molecule has 1 aromatic heterocycles. The van der Waals surface area contributed by atoms with Crippen molar-refractivity contribution in [2.45, 2.75) is 31.3 Å². The number of halogens is 1. The van der Waals surface area contributed by atoms with E-state index in [9.17, 15) is 14.3 Å². The van der Waals surface area contributed by atoms with E-state index in [1.165, 1.54) is 18.2 Å². The summed E-state index contributed by atoms with van der Waals surface area (Å²) in [5.41, 5.74) is -0.165. The molecule has 0 saturated heterocycles. The smallest absolute Gasteiger partial charge is 0.262 e. The van der Waals surface area contributed by atoms with Crippen LogP contribution < -0.4 is 5.56 Å². The Morgan fingerprint density at radius 1 is 1.48 bits per heavy atom. The Morgan fingerprint density at radius 3 is 2.86 bits per heavy atom. The normalized spacial score (nSPS) is 12.3. The summed E-state index contributed by atoms with van der Waals surface area (Å²) in [4.78, 5) is 18.7. The zero-order valence-electron chi connectivity index (χ0n) is 11.9. The van der Waals surface area contributed by atoms with Crippen LogP contribution in [0.2, 0.25) is 0 Å². The maximum Gasteiger partial charge on any atom is 0.262 e. The molecule has 2 rings (SSSR count). The van der Waals surface area contributed by atoms with Crippen LogP contribution in [0.15, 0.2) is 29.1 Å². The molecular weight excluding hydrogens is 291 g/mol. The molecule has 0 aliphatic heterocycles. The number of nitrogens with one attached hydrogen (secondary N) is 1. The van der Waals surface area contributed by atoms with Crippen molar-refractivity contribution in [2.24, 2.45) is 0 Å². The zero-order chi connectivity index (χ0) is 15.4. The molecule has 0 aliphatic rings. The molecule has 0 spiro atoms. The van der Waals surface area contributed by atoms with Crippen molar-refractivity contribution in [1.82, 2.24) is 9.97 Å². The average molecular weight is 308 g/mol. The molecule has 1 atom stereocenters. The Kier molecular flexibility index (Phi) is 5.01. The maximum absolute atomic E-state index is 13.2. The lowest BCUT2D eigenvalue weighted by molar-refractivity contribution is 0.451. The minimum atomic E-state index is -0.470. The summed E-state index contributed by atoms with van der Waals surface area (Å²) in [6.07, 6.45) is 1.02. The maximum atomic E-state index is 13.2. The van der Waals surface area contributed by atoms with E-state index < -0.39 is 11.4 Å². The van der Waals surface area contributed by atoms with Crippen molar-refractivity contribution in [3.63, 3.8) is 0 Å². The van der Waals surface area contributed by atoms with Crippen LogP contribution in [-0.2, 0) is 5.75 Å². The van der Waals surface area contributed by atoms with Crippen molar-refractivity contribution >= 4 is 11.8 Å². The zero-order valence-corrected chi connectivity index (χ0v) is 12.7. The van der Waals surface area contributed by atoms with Crippen LogP contribution in [0.1, 0.15) is 26.1 Å². The molecule has 4 nitrogen and oxygen atoms in total. The van der Waals surface area contributed by atoms with E-state index in [-0.39, 0.29) is 11.4 Å². The number of thioether (sulfide) groups is 1. The highest BCUT2D eigenvalue weighted by Gasteiger charge is 2.14. The molecule has 0 bridgehead atoms. The third-order valence-corrected chi connectivity index (χ3v) is 4.48. The molecule has 1 aromatic carbocycles. The van der Waals surface area contributed by atoms with Crippen molar-refractivity contribution in [1.29, 1.82) is 0 Å². The van der Waals surface area contributed by atoms with Crippen molar-refractivity contribution in [2.75, 3.05) is 0 Å². The summed E-state index contributed by atoms with van der Waals surface area (Å²) in [6.45, 7) is 4.17. The molecule has 0 amide bonds. The Balaban J connectivity index is 2.32. The third kappa shape index (κ3) is 3.85. The minimum Gasteiger partial charge on any atom is -0.493 e. The number of aromatic hydroxyl groups is 1. The predicted octanol–water partition coefficient (Wildman–Crippen LogP) is 3.31. The van der Waals surface area contributed by atoms with Gasteiger partial charge in [0.2, 0.25) is 5.88 Å². The van der Waals surface area contributed by atoms with Gasteiger partial charge >= 0.3 is 0 Å². The van der Waals surface area contributed by atoms with Gasteiger partial charge in [0.25, 0.3) is 5.56 Å². The van der Waals surface area contributed by atoms with Gasteiger partial charge in [-0.05, 0) is 24.1 Å². The van der Waals surface area contributed by atoms with E-state index in [1.807, 2.05) is 0 Å². The number of hydrogen-bond donors (Lipinski definition) is 2. The Morgan fingerprint density at radius 2 is 2.24 bits per heavy atom. The van der Waals surface area contributed by atoms with E-state index in [2.05, 4.69) is 23.8 Å². The van der Waals surface area contributed by atoms with Gasteiger partial charge in [0.15, 0.2) is 0 Å². The minimum absolute atomic E-state index is 0.00760. The standard InChI is InChI=1S/C15H17FN2O2S/c1-3-9(2)21-8-12-17-14(19)13(15(20)18-12)10-5-4-6-11(16)7-10/h4-7,9H,3,8H2,1-2H3,(H2,17,18,19,20). The van der Waals surface area contributed by atoms with Crippen LogP contribution in [0.5, 0.6) is 5.88 Å². The first-order valence-electron chi connectivity index (χ1n) is 6.71. The SMILES string of the molecule is CCC(C)SCc1nc(O)c(-c2cccc(F)c2)c(=O)[nH]1. The van der Waals surface area contributed by atoms with Crippen LogP contribution in [0.3, 0.4) is 0 Å². The van der Waals surface area contributed by atoms with E-state index in [1.54, 1.807) is 17.8 Å². The summed E-state index contributed by atoms with van der Waals surface area (Å²) in [7, 11) is 0. The number of aromatic amines is 1. The van der Waals surface area contributed by atoms with Gasteiger partial charge < -0.3 is 10.1 Å². The van der Waals surface area contributed by atoms with E-state index in [0.717, 1.165) is 6.42 Å². The fourth-order valence-corrected chi connectivity index (χ4v) is 2.63. The molecular formula is C15H17FN2O2S. The van der Waals surface area contributed by atoms with Gasteiger partial charge in [0.05, 0.1) is 5.75 Å². The van der Waals surface area contributed by atoms with E-state index in [4.69, 9.17) is 0 Å². The van der Waals surface area contributed by atoms with Crippen molar-refractivity contribution in [3.8, 4) is 17.0 Å². The number of hydrogen-bond acceptors (Lipinski definition) is 4. The lowest BCUT2D eigenvalue weighted by Crippen LogP contribution is -2.14. The predicted molar refractivity (Wildman–Crippen MR) is 83.0 cm³/mol. The first kappa shape index (κ1) is 15.6. The Bertz CT molecular complexity index is 688. The van der Waals surface area contributed by atoms with Gasteiger partial charge in [-0.3, -0.25) is 4.79 Å². The highest BCUT2D eigenvalue weighted by atomic mass is 32.2. The molecule has 2 aromatic rings. The first-order chi connectivity index (χ1) is 10.0. The third-order valence-electron chi connectivity index (χ3n) is 3.14. The molecule has 0 fully saturated rings. The van der Waals surface area contributed by atoms with Gasteiger partial charge in [-0.2, -0.15) is 16.7 Å². The van der Waals surface area contributed by atoms with Gasteiger partial charge in [-0.25, -0.2) is 4.39 Å². The molecule has 21 heavy (non-hydrogen) atoms. The molecule has 0 aliphatic carbocycles. The number of rotatable bonds is 5. The van der Waals surface area contributed by atoms with Crippen LogP contribution in [-0.4, -0.2) is 20.3 Å². The fourth-order valence-electron chi connectivity index (χ4n) is 1.82. The summed E-state index contributed by atoms with van der Waals surface area (Å²) in [5.74, 6) is 0.0936. The number of H-pyrrole nitrogens is 1. The van der Waals surface area contributed by atoms with Crippen LogP contribution in [0.25, 0.3) is 11.1 Å². The van der Waals surface area contributed by atoms with Gasteiger partial charge in [0, 0.05) is 5.25 Å². The molecule has 2 N–H and O–H groups in total. The second-order valence-corrected chi connectivity index (χ2v) is 6.18. The van der Waals surface area contributed by atoms with Crippen LogP contribution in [0, 0.1) is 5.82 Å². The largest absolute Gasteiger partial charge is 0.493 e. The molecule has 0 radical (unpaired) electrons. The Hall–Kier alpha value is -1.82. The molecule has 1 unspecified atom stereocenters. The van der Waals surface area contributed by atoms with Crippen LogP contribution >= 0.6 is 11.8 Å². The summed E-state index contributed by atoms with van der Waals surface area (Å²) >= 11 is 1.65. The van der Waals surface area contributed by atoms with Gasteiger partial charge in [0.1, 0.15) is 17.2 Å². The second-order valence-electron chi connectivity index (χ2n) is 4.75. The number of nitrogens with zero attached hydrogens (tertiary/aromatic N) is 1. The Labute approximate surface area is 126 Å².